The molecule has 0 spiro atoms. The molecular weight excluding hydrogens is 457 g/mol. The lowest BCUT2D eigenvalue weighted by atomic mass is 10.1. The summed E-state index contributed by atoms with van der Waals surface area (Å²) in [6.45, 7) is 0.213. The Morgan fingerprint density at radius 1 is 0.788 bits per heavy atom. The molecule has 33 heavy (non-hydrogen) atoms. The van der Waals surface area contributed by atoms with Crippen molar-refractivity contribution in [2.75, 3.05) is 33.0 Å². The standard InChI is InChI=1S/C21H18F5NO6/c22-15-16(23)18(25)20(19(26)17(15)24)33-14(29)5-7-31-9-10-32-8-6-27-21(30)13-3-1-12(11-28)2-4-13/h1-4,11H,5-10H2,(H,27,30). The van der Waals surface area contributed by atoms with Crippen LogP contribution >= 0.6 is 0 Å². The highest BCUT2D eigenvalue weighted by Crippen LogP contribution is 2.29. The van der Waals surface area contributed by atoms with E-state index < -0.39 is 47.2 Å². The number of nitrogens with one attached hydrogen (secondary N) is 1. The van der Waals surface area contributed by atoms with Gasteiger partial charge in [-0.15, -0.1) is 0 Å². The second-order valence-electron chi connectivity index (χ2n) is 6.34. The Morgan fingerprint density at radius 3 is 1.91 bits per heavy atom. The largest absolute Gasteiger partial charge is 0.420 e. The van der Waals surface area contributed by atoms with Crippen molar-refractivity contribution in [1.82, 2.24) is 5.32 Å². The van der Waals surface area contributed by atoms with Gasteiger partial charge in [-0.25, -0.2) is 13.2 Å². The molecule has 2 aromatic rings. The van der Waals surface area contributed by atoms with E-state index in [9.17, 15) is 36.3 Å². The van der Waals surface area contributed by atoms with Crippen molar-refractivity contribution < 1.29 is 50.5 Å². The summed E-state index contributed by atoms with van der Waals surface area (Å²) in [7, 11) is 0. The fourth-order valence-corrected chi connectivity index (χ4v) is 2.37. The Balaban J connectivity index is 1.58. The summed E-state index contributed by atoms with van der Waals surface area (Å²) in [6.07, 6.45) is 0.145. The fraction of sp³-hybridized carbons (Fsp3) is 0.286. The third-order valence-corrected chi connectivity index (χ3v) is 4.05. The minimum atomic E-state index is -2.36. The van der Waals surface area contributed by atoms with E-state index in [0.717, 1.165) is 0 Å². The molecule has 0 fully saturated rings. The lowest BCUT2D eigenvalue weighted by Crippen LogP contribution is -2.27. The first-order valence-corrected chi connectivity index (χ1v) is 9.47. The number of esters is 1. The number of carbonyl (C=O) groups is 3. The second-order valence-corrected chi connectivity index (χ2v) is 6.34. The normalized spacial score (nSPS) is 10.7. The maximum atomic E-state index is 13.4. The Kier molecular flexibility index (Phi) is 9.88. The van der Waals surface area contributed by atoms with Gasteiger partial charge in [0.25, 0.3) is 5.91 Å². The summed E-state index contributed by atoms with van der Waals surface area (Å²) in [6, 6.07) is 6.03. The van der Waals surface area contributed by atoms with Crippen LogP contribution in [0.1, 0.15) is 27.1 Å². The molecule has 0 saturated heterocycles. The topological polar surface area (TPSA) is 90.9 Å². The van der Waals surface area contributed by atoms with Gasteiger partial charge < -0.3 is 19.5 Å². The first kappa shape index (κ1) is 25.9. The molecule has 178 valence electrons. The van der Waals surface area contributed by atoms with Gasteiger partial charge in [0.1, 0.15) is 6.29 Å². The molecule has 2 aromatic carbocycles. The molecule has 2 rings (SSSR count). The van der Waals surface area contributed by atoms with Crippen LogP contribution < -0.4 is 10.1 Å². The number of carbonyl (C=O) groups excluding carboxylic acids is 3. The van der Waals surface area contributed by atoms with Gasteiger partial charge in [-0.3, -0.25) is 14.4 Å². The SMILES string of the molecule is O=Cc1ccc(C(=O)NCCOCCOCCC(=O)Oc2c(F)c(F)c(F)c(F)c2F)cc1. The molecule has 7 nitrogen and oxygen atoms in total. The molecule has 0 radical (unpaired) electrons. The number of amides is 1. The maximum Gasteiger partial charge on any atom is 0.313 e. The first-order chi connectivity index (χ1) is 15.8. The van der Waals surface area contributed by atoms with E-state index in [2.05, 4.69) is 10.1 Å². The molecule has 0 bridgehead atoms. The molecule has 12 heteroatoms. The van der Waals surface area contributed by atoms with Crippen LogP contribution in [0.15, 0.2) is 24.3 Å². The number of ether oxygens (including phenoxy) is 3. The predicted octanol–water partition coefficient (Wildman–Crippen LogP) is 2.95. The van der Waals surface area contributed by atoms with Crippen LogP contribution in [-0.4, -0.2) is 51.1 Å². The highest BCUT2D eigenvalue weighted by molar-refractivity contribution is 5.94. The highest BCUT2D eigenvalue weighted by atomic mass is 19.2. The van der Waals surface area contributed by atoms with Crippen LogP contribution in [0.2, 0.25) is 0 Å². The molecule has 1 amide bonds. The van der Waals surface area contributed by atoms with Gasteiger partial charge in [0.15, 0.2) is 0 Å². The number of hydrogen-bond donors (Lipinski definition) is 1. The zero-order valence-electron chi connectivity index (χ0n) is 17.0. The van der Waals surface area contributed by atoms with Crippen LogP contribution in [0.5, 0.6) is 5.75 Å². The summed E-state index contributed by atoms with van der Waals surface area (Å²) in [5.41, 5.74) is 0.822. The summed E-state index contributed by atoms with van der Waals surface area (Å²) >= 11 is 0. The van der Waals surface area contributed by atoms with Crippen LogP contribution in [0.25, 0.3) is 0 Å². The average Bonchev–Trinajstić information content (AvgIpc) is 2.83. The highest BCUT2D eigenvalue weighted by Gasteiger charge is 2.28. The Bertz CT molecular complexity index is 971. The van der Waals surface area contributed by atoms with Crippen molar-refractivity contribution >= 4 is 18.2 Å². The summed E-state index contributed by atoms with van der Waals surface area (Å²) in [5.74, 6) is -14.6. The quantitative estimate of drug-likeness (QED) is 0.0966. The Hall–Kier alpha value is -3.38. The van der Waals surface area contributed by atoms with Gasteiger partial charge in [-0.2, -0.15) is 8.78 Å². The molecule has 0 atom stereocenters. The Labute approximate surface area is 184 Å². The molecule has 0 aliphatic heterocycles. The van der Waals surface area contributed by atoms with Crippen molar-refractivity contribution in [3.8, 4) is 5.75 Å². The van der Waals surface area contributed by atoms with Crippen molar-refractivity contribution in [2.24, 2.45) is 0 Å². The van der Waals surface area contributed by atoms with Crippen LogP contribution in [0.3, 0.4) is 0 Å². The molecule has 0 aliphatic rings. The van der Waals surface area contributed by atoms with Gasteiger partial charge in [-0.1, -0.05) is 12.1 Å². The zero-order chi connectivity index (χ0) is 24.4. The van der Waals surface area contributed by atoms with Gasteiger partial charge >= 0.3 is 5.97 Å². The van der Waals surface area contributed by atoms with Crippen LogP contribution in [-0.2, 0) is 14.3 Å². The summed E-state index contributed by atoms with van der Waals surface area (Å²) in [5, 5.41) is 2.60. The van der Waals surface area contributed by atoms with E-state index >= 15 is 0 Å². The van der Waals surface area contributed by atoms with Crippen molar-refractivity contribution in [3.05, 3.63) is 64.5 Å². The number of rotatable bonds is 12. The van der Waals surface area contributed by atoms with Crippen molar-refractivity contribution in [2.45, 2.75) is 6.42 Å². The van der Waals surface area contributed by atoms with E-state index in [4.69, 9.17) is 9.47 Å². The van der Waals surface area contributed by atoms with Crippen LogP contribution in [0.4, 0.5) is 22.0 Å². The van der Waals surface area contributed by atoms with Crippen molar-refractivity contribution in [1.29, 1.82) is 0 Å². The van der Waals surface area contributed by atoms with Crippen LogP contribution in [0, 0.1) is 29.1 Å². The Morgan fingerprint density at radius 2 is 1.33 bits per heavy atom. The smallest absolute Gasteiger partial charge is 0.313 e. The molecular formula is C21H18F5NO6. The predicted molar refractivity (Wildman–Crippen MR) is 102 cm³/mol. The lowest BCUT2D eigenvalue weighted by Gasteiger charge is -2.09. The third kappa shape index (κ3) is 7.32. The van der Waals surface area contributed by atoms with Gasteiger partial charge in [0.2, 0.25) is 34.8 Å². The number of halogens is 5. The van der Waals surface area contributed by atoms with Gasteiger partial charge in [-0.05, 0) is 12.1 Å². The third-order valence-electron chi connectivity index (χ3n) is 4.05. The molecule has 0 saturated carbocycles. The molecule has 0 aliphatic carbocycles. The van der Waals surface area contributed by atoms with Crippen molar-refractivity contribution in [3.63, 3.8) is 0 Å². The van der Waals surface area contributed by atoms with E-state index in [1.165, 1.54) is 24.3 Å². The zero-order valence-corrected chi connectivity index (χ0v) is 17.0. The minimum Gasteiger partial charge on any atom is -0.420 e. The molecule has 1 N–H and O–H groups in total. The second kappa shape index (κ2) is 12.6. The number of benzene rings is 2. The molecule has 0 aromatic heterocycles. The minimum absolute atomic E-state index is 0.0247. The van der Waals surface area contributed by atoms with E-state index in [0.29, 0.717) is 17.4 Å². The van der Waals surface area contributed by atoms with E-state index in [-0.39, 0.29) is 38.9 Å². The molecule has 0 heterocycles. The van der Waals surface area contributed by atoms with E-state index in [1.807, 2.05) is 0 Å². The number of aldehydes is 1. The summed E-state index contributed by atoms with van der Waals surface area (Å²) in [4.78, 5) is 34.0. The molecule has 0 unspecified atom stereocenters. The summed E-state index contributed by atoms with van der Waals surface area (Å²) < 4.78 is 80.4. The van der Waals surface area contributed by atoms with Gasteiger partial charge in [0.05, 0.1) is 32.8 Å². The fourth-order valence-electron chi connectivity index (χ4n) is 2.37. The van der Waals surface area contributed by atoms with E-state index in [1.54, 1.807) is 0 Å². The monoisotopic (exact) mass is 475 g/mol. The van der Waals surface area contributed by atoms with Gasteiger partial charge in [0, 0.05) is 17.7 Å². The first-order valence-electron chi connectivity index (χ1n) is 9.47. The lowest BCUT2D eigenvalue weighted by molar-refractivity contribution is -0.136. The average molecular weight is 475 g/mol. The number of hydrogen-bond acceptors (Lipinski definition) is 6. The maximum absolute atomic E-state index is 13.4.